The second-order valence-electron chi connectivity index (χ2n) is 5.95. The summed E-state index contributed by atoms with van der Waals surface area (Å²) in [6, 6.07) is 4.88. The SMILES string of the molecule is CCCC1CCC(C(=O)Oc2ccc(OC(F)(F)F)cc2)CC1. The zero-order valence-corrected chi connectivity index (χ0v) is 13.1. The number of hydrogen-bond acceptors (Lipinski definition) is 3. The third kappa shape index (κ3) is 5.77. The van der Waals surface area contributed by atoms with E-state index in [0.717, 1.165) is 44.2 Å². The van der Waals surface area contributed by atoms with Crippen molar-refractivity contribution in [3.8, 4) is 11.5 Å². The van der Waals surface area contributed by atoms with Gasteiger partial charge in [0.2, 0.25) is 0 Å². The fourth-order valence-electron chi connectivity index (χ4n) is 3.00. The molecular formula is C17H21F3O3. The molecule has 1 saturated carbocycles. The second-order valence-corrected chi connectivity index (χ2v) is 5.95. The van der Waals surface area contributed by atoms with Crippen molar-refractivity contribution in [3.05, 3.63) is 24.3 Å². The third-order valence-corrected chi connectivity index (χ3v) is 4.15. The molecule has 0 aromatic heterocycles. The quantitative estimate of drug-likeness (QED) is 0.557. The number of rotatable bonds is 5. The lowest BCUT2D eigenvalue weighted by atomic mass is 9.80. The lowest BCUT2D eigenvalue weighted by molar-refractivity contribution is -0.274. The van der Waals surface area contributed by atoms with Crippen molar-refractivity contribution >= 4 is 5.97 Å². The van der Waals surface area contributed by atoms with Crippen LogP contribution in [0.1, 0.15) is 45.4 Å². The predicted molar refractivity (Wildman–Crippen MR) is 79.1 cm³/mol. The van der Waals surface area contributed by atoms with Gasteiger partial charge in [-0.2, -0.15) is 0 Å². The molecule has 3 nitrogen and oxygen atoms in total. The van der Waals surface area contributed by atoms with E-state index in [1.165, 1.54) is 18.6 Å². The number of esters is 1. The Balaban J connectivity index is 1.84. The minimum atomic E-state index is -4.73. The largest absolute Gasteiger partial charge is 0.573 e. The molecule has 0 N–H and O–H groups in total. The monoisotopic (exact) mass is 330 g/mol. The molecule has 0 heterocycles. The van der Waals surface area contributed by atoms with Gasteiger partial charge in [0.1, 0.15) is 11.5 Å². The average Bonchev–Trinajstić information content (AvgIpc) is 2.49. The van der Waals surface area contributed by atoms with Gasteiger partial charge in [-0.25, -0.2) is 0 Å². The van der Waals surface area contributed by atoms with E-state index in [1.54, 1.807) is 0 Å². The molecule has 1 aliphatic carbocycles. The first kappa shape index (κ1) is 17.6. The molecule has 1 fully saturated rings. The summed E-state index contributed by atoms with van der Waals surface area (Å²) in [5.41, 5.74) is 0. The molecule has 0 radical (unpaired) electrons. The van der Waals surface area contributed by atoms with E-state index in [0.29, 0.717) is 5.92 Å². The van der Waals surface area contributed by atoms with E-state index in [4.69, 9.17) is 4.74 Å². The van der Waals surface area contributed by atoms with E-state index in [9.17, 15) is 18.0 Å². The Bertz CT molecular complexity index is 503. The molecule has 0 bridgehead atoms. The zero-order chi connectivity index (χ0) is 16.9. The summed E-state index contributed by atoms with van der Waals surface area (Å²) >= 11 is 0. The Kier molecular flexibility index (Phi) is 5.91. The van der Waals surface area contributed by atoms with E-state index in [2.05, 4.69) is 11.7 Å². The first-order chi connectivity index (χ1) is 10.9. The minimum absolute atomic E-state index is 0.116. The fourth-order valence-corrected chi connectivity index (χ4v) is 3.00. The van der Waals surface area contributed by atoms with E-state index < -0.39 is 6.36 Å². The molecule has 0 saturated heterocycles. The molecule has 0 aliphatic heterocycles. The number of benzene rings is 1. The molecule has 1 aliphatic rings. The van der Waals surface area contributed by atoms with Crippen molar-refractivity contribution < 1.29 is 27.4 Å². The number of halogens is 3. The topological polar surface area (TPSA) is 35.5 Å². The summed E-state index contributed by atoms with van der Waals surface area (Å²) in [7, 11) is 0. The molecule has 0 amide bonds. The van der Waals surface area contributed by atoms with Crippen molar-refractivity contribution in [2.24, 2.45) is 11.8 Å². The van der Waals surface area contributed by atoms with Gasteiger partial charge in [-0.3, -0.25) is 4.79 Å². The van der Waals surface area contributed by atoms with Gasteiger partial charge in [-0.1, -0.05) is 19.8 Å². The Morgan fingerprint density at radius 2 is 1.65 bits per heavy atom. The predicted octanol–water partition coefficient (Wildman–Crippen LogP) is 5.10. The van der Waals surface area contributed by atoms with Crippen LogP contribution in [0.4, 0.5) is 13.2 Å². The summed E-state index contributed by atoms with van der Waals surface area (Å²) < 4.78 is 45.3. The maximum Gasteiger partial charge on any atom is 0.573 e. The molecule has 0 unspecified atom stereocenters. The molecule has 2 rings (SSSR count). The normalized spacial score (nSPS) is 21.7. The molecular weight excluding hydrogens is 309 g/mol. The highest BCUT2D eigenvalue weighted by Gasteiger charge is 2.31. The highest BCUT2D eigenvalue weighted by Crippen LogP contribution is 2.32. The Labute approximate surface area is 133 Å². The number of ether oxygens (including phenoxy) is 2. The average molecular weight is 330 g/mol. The number of hydrogen-bond donors (Lipinski definition) is 0. The van der Waals surface area contributed by atoms with Crippen molar-refractivity contribution in [3.63, 3.8) is 0 Å². The fraction of sp³-hybridized carbons (Fsp3) is 0.588. The molecule has 0 spiro atoms. The van der Waals surface area contributed by atoms with Crippen LogP contribution in [-0.2, 0) is 4.79 Å². The van der Waals surface area contributed by atoms with E-state index >= 15 is 0 Å². The van der Waals surface area contributed by atoms with Crippen LogP contribution in [-0.4, -0.2) is 12.3 Å². The smallest absolute Gasteiger partial charge is 0.426 e. The van der Waals surface area contributed by atoms with Gasteiger partial charge in [0.15, 0.2) is 0 Å². The van der Waals surface area contributed by atoms with Gasteiger partial charge < -0.3 is 9.47 Å². The summed E-state index contributed by atoms with van der Waals surface area (Å²) in [5.74, 6) is 0.180. The molecule has 6 heteroatoms. The first-order valence-corrected chi connectivity index (χ1v) is 7.95. The van der Waals surface area contributed by atoms with Crippen LogP contribution in [0.5, 0.6) is 11.5 Å². The number of carbonyl (C=O) groups is 1. The summed E-state index contributed by atoms with van der Waals surface area (Å²) in [5, 5.41) is 0. The number of alkyl halides is 3. The number of carbonyl (C=O) groups excluding carboxylic acids is 1. The molecule has 1 aromatic rings. The Hall–Kier alpha value is -1.72. The van der Waals surface area contributed by atoms with Gasteiger partial charge in [0.25, 0.3) is 0 Å². The van der Waals surface area contributed by atoms with Crippen LogP contribution in [0.25, 0.3) is 0 Å². The summed E-state index contributed by atoms with van der Waals surface area (Å²) in [6.07, 6.45) is 1.33. The van der Waals surface area contributed by atoms with Crippen LogP contribution in [0.15, 0.2) is 24.3 Å². The highest BCUT2D eigenvalue weighted by molar-refractivity contribution is 5.75. The van der Waals surface area contributed by atoms with Gasteiger partial charge in [-0.05, 0) is 55.9 Å². The van der Waals surface area contributed by atoms with Crippen LogP contribution >= 0.6 is 0 Å². The van der Waals surface area contributed by atoms with Crippen LogP contribution in [0.3, 0.4) is 0 Å². The van der Waals surface area contributed by atoms with Gasteiger partial charge in [0, 0.05) is 0 Å². The molecule has 128 valence electrons. The van der Waals surface area contributed by atoms with Crippen molar-refractivity contribution in [1.29, 1.82) is 0 Å². The van der Waals surface area contributed by atoms with Gasteiger partial charge >= 0.3 is 12.3 Å². The second kappa shape index (κ2) is 7.70. The Morgan fingerprint density at radius 1 is 1.09 bits per heavy atom. The lowest BCUT2D eigenvalue weighted by Crippen LogP contribution is -2.25. The maximum absolute atomic E-state index is 12.1. The Morgan fingerprint density at radius 3 is 2.17 bits per heavy atom. The maximum atomic E-state index is 12.1. The highest BCUT2D eigenvalue weighted by atomic mass is 19.4. The minimum Gasteiger partial charge on any atom is -0.426 e. The van der Waals surface area contributed by atoms with Gasteiger partial charge in [-0.15, -0.1) is 13.2 Å². The van der Waals surface area contributed by atoms with Crippen molar-refractivity contribution in [1.82, 2.24) is 0 Å². The van der Waals surface area contributed by atoms with Crippen LogP contribution in [0, 0.1) is 11.8 Å². The molecule has 0 atom stereocenters. The van der Waals surface area contributed by atoms with Crippen LogP contribution < -0.4 is 9.47 Å². The first-order valence-electron chi connectivity index (χ1n) is 7.95. The van der Waals surface area contributed by atoms with Crippen molar-refractivity contribution in [2.75, 3.05) is 0 Å². The van der Waals surface area contributed by atoms with E-state index in [1.807, 2.05) is 0 Å². The molecule has 23 heavy (non-hydrogen) atoms. The summed E-state index contributed by atoms with van der Waals surface area (Å²) in [4.78, 5) is 12.1. The van der Waals surface area contributed by atoms with Crippen LogP contribution in [0.2, 0.25) is 0 Å². The van der Waals surface area contributed by atoms with Gasteiger partial charge in [0.05, 0.1) is 5.92 Å². The third-order valence-electron chi connectivity index (χ3n) is 4.15. The standard InChI is InChI=1S/C17H21F3O3/c1-2-3-12-4-6-13(7-5-12)16(21)22-14-8-10-15(11-9-14)23-17(18,19)20/h8-13H,2-7H2,1H3. The molecule has 1 aromatic carbocycles. The van der Waals surface area contributed by atoms with Crippen molar-refractivity contribution in [2.45, 2.75) is 51.8 Å². The van der Waals surface area contributed by atoms with E-state index in [-0.39, 0.29) is 23.4 Å². The zero-order valence-electron chi connectivity index (χ0n) is 13.1. The lowest BCUT2D eigenvalue weighted by Gasteiger charge is -2.26. The summed E-state index contributed by atoms with van der Waals surface area (Å²) in [6.45, 7) is 2.16.